The van der Waals surface area contributed by atoms with Crippen molar-refractivity contribution in [2.45, 2.75) is 0 Å². The lowest BCUT2D eigenvalue weighted by molar-refractivity contribution is 0.397. The molecule has 2 nitrogen and oxygen atoms in total. The monoisotopic (exact) mass is 290 g/mol. The zero-order valence-electron chi connectivity index (χ0n) is 12.7. The minimum absolute atomic E-state index is 0.812. The molecule has 0 aliphatic carbocycles. The molecule has 0 aliphatic heterocycles. The number of methoxy groups -OCH3 is 2. The standard InChI is InChI=1S/C20H18O2/c1-21-18-9-6-10-19(22-2)20(18)17-13-11-16(12-14-17)15-7-4-3-5-8-15/h3-14H,1-2H3. The lowest BCUT2D eigenvalue weighted by Crippen LogP contribution is -1.92. The molecule has 3 aromatic carbocycles. The van der Waals surface area contributed by atoms with Crippen molar-refractivity contribution in [3.8, 4) is 33.8 Å². The Balaban J connectivity index is 2.04. The summed E-state index contributed by atoms with van der Waals surface area (Å²) >= 11 is 0. The average Bonchev–Trinajstić information content (AvgIpc) is 2.62. The van der Waals surface area contributed by atoms with Crippen LogP contribution in [-0.4, -0.2) is 14.2 Å². The fraction of sp³-hybridized carbons (Fsp3) is 0.100. The molecule has 2 heteroatoms. The van der Waals surface area contributed by atoms with Crippen LogP contribution in [0.15, 0.2) is 72.8 Å². The number of hydrogen-bond donors (Lipinski definition) is 0. The van der Waals surface area contributed by atoms with Crippen LogP contribution in [0.5, 0.6) is 11.5 Å². The minimum atomic E-state index is 0.812. The molecule has 0 radical (unpaired) electrons. The first-order valence-corrected chi connectivity index (χ1v) is 7.20. The molecule has 0 heterocycles. The van der Waals surface area contributed by atoms with E-state index in [2.05, 4.69) is 36.4 Å². The largest absolute Gasteiger partial charge is 0.496 e. The summed E-state index contributed by atoms with van der Waals surface area (Å²) in [4.78, 5) is 0. The molecule has 3 aromatic rings. The van der Waals surface area contributed by atoms with Crippen molar-refractivity contribution < 1.29 is 9.47 Å². The van der Waals surface area contributed by atoms with Crippen molar-refractivity contribution in [2.75, 3.05) is 14.2 Å². The molecule has 0 unspecified atom stereocenters. The van der Waals surface area contributed by atoms with Gasteiger partial charge < -0.3 is 9.47 Å². The third-order valence-electron chi connectivity index (χ3n) is 3.71. The lowest BCUT2D eigenvalue weighted by Gasteiger charge is -2.13. The molecule has 0 aliphatic rings. The summed E-state index contributed by atoms with van der Waals surface area (Å²) in [6.45, 7) is 0. The van der Waals surface area contributed by atoms with Gasteiger partial charge in [-0.25, -0.2) is 0 Å². The Labute approximate surface area is 131 Å². The van der Waals surface area contributed by atoms with E-state index in [-0.39, 0.29) is 0 Å². The van der Waals surface area contributed by atoms with Gasteiger partial charge in [0.1, 0.15) is 11.5 Å². The van der Waals surface area contributed by atoms with E-state index in [0.29, 0.717) is 0 Å². The van der Waals surface area contributed by atoms with E-state index in [1.165, 1.54) is 11.1 Å². The first-order chi connectivity index (χ1) is 10.8. The van der Waals surface area contributed by atoms with Crippen LogP contribution in [0.1, 0.15) is 0 Å². The van der Waals surface area contributed by atoms with E-state index in [9.17, 15) is 0 Å². The van der Waals surface area contributed by atoms with Gasteiger partial charge in [-0.3, -0.25) is 0 Å². The van der Waals surface area contributed by atoms with Crippen LogP contribution >= 0.6 is 0 Å². The van der Waals surface area contributed by atoms with Gasteiger partial charge in [-0.1, -0.05) is 60.7 Å². The second-order valence-electron chi connectivity index (χ2n) is 4.98. The summed E-state index contributed by atoms with van der Waals surface area (Å²) in [5.74, 6) is 1.62. The summed E-state index contributed by atoms with van der Waals surface area (Å²) < 4.78 is 11.0. The Morgan fingerprint density at radius 1 is 0.500 bits per heavy atom. The Kier molecular flexibility index (Phi) is 4.10. The zero-order valence-corrected chi connectivity index (χ0v) is 12.7. The second kappa shape index (κ2) is 6.35. The maximum atomic E-state index is 5.48. The fourth-order valence-electron chi connectivity index (χ4n) is 2.60. The third-order valence-corrected chi connectivity index (χ3v) is 3.71. The molecule has 0 N–H and O–H groups in total. The van der Waals surface area contributed by atoms with Crippen LogP contribution in [0.4, 0.5) is 0 Å². The molecule has 0 fully saturated rings. The van der Waals surface area contributed by atoms with Crippen molar-refractivity contribution >= 4 is 0 Å². The summed E-state index contributed by atoms with van der Waals surface area (Å²) in [5, 5.41) is 0. The predicted molar refractivity (Wildman–Crippen MR) is 90.4 cm³/mol. The molecular formula is C20H18O2. The van der Waals surface area contributed by atoms with E-state index in [1.54, 1.807) is 14.2 Å². The van der Waals surface area contributed by atoms with Crippen molar-refractivity contribution in [1.29, 1.82) is 0 Å². The molecule has 0 aromatic heterocycles. The van der Waals surface area contributed by atoms with Gasteiger partial charge in [-0.15, -0.1) is 0 Å². The van der Waals surface area contributed by atoms with Gasteiger partial charge in [-0.05, 0) is 28.8 Å². The number of benzene rings is 3. The van der Waals surface area contributed by atoms with Crippen LogP contribution in [0.2, 0.25) is 0 Å². The lowest BCUT2D eigenvalue weighted by atomic mass is 9.99. The van der Waals surface area contributed by atoms with Gasteiger partial charge >= 0.3 is 0 Å². The Morgan fingerprint density at radius 3 is 1.55 bits per heavy atom. The summed E-state index contributed by atoms with van der Waals surface area (Å²) in [6, 6.07) is 24.6. The predicted octanol–water partition coefficient (Wildman–Crippen LogP) is 5.04. The Morgan fingerprint density at radius 2 is 1.00 bits per heavy atom. The Hall–Kier alpha value is -2.74. The SMILES string of the molecule is COc1cccc(OC)c1-c1ccc(-c2ccccc2)cc1. The normalized spacial score (nSPS) is 10.3. The van der Waals surface area contributed by atoms with Gasteiger partial charge in [-0.2, -0.15) is 0 Å². The average molecular weight is 290 g/mol. The highest BCUT2D eigenvalue weighted by Gasteiger charge is 2.12. The van der Waals surface area contributed by atoms with Gasteiger partial charge in [0.25, 0.3) is 0 Å². The van der Waals surface area contributed by atoms with Gasteiger partial charge in [0.15, 0.2) is 0 Å². The smallest absolute Gasteiger partial charge is 0.130 e. The van der Waals surface area contributed by atoms with Crippen molar-refractivity contribution in [2.24, 2.45) is 0 Å². The van der Waals surface area contributed by atoms with E-state index in [4.69, 9.17) is 9.47 Å². The summed E-state index contributed by atoms with van der Waals surface area (Å²) in [7, 11) is 3.35. The van der Waals surface area contributed by atoms with E-state index >= 15 is 0 Å². The zero-order chi connectivity index (χ0) is 15.4. The maximum Gasteiger partial charge on any atom is 0.130 e. The van der Waals surface area contributed by atoms with Gasteiger partial charge in [0.05, 0.1) is 19.8 Å². The molecule has 22 heavy (non-hydrogen) atoms. The van der Waals surface area contributed by atoms with Crippen molar-refractivity contribution in [3.05, 3.63) is 72.8 Å². The highest BCUT2D eigenvalue weighted by molar-refractivity contribution is 5.78. The highest BCUT2D eigenvalue weighted by atomic mass is 16.5. The molecular weight excluding hydrogens is 272 g/mol. The number of ether oxygens (including phenoxy) is 2. The number of rotatable bonds is 4. The van der Waals surface area contributed by atoms with Crippen LogP contribution in [-0.2, 0) is 0 Å². The van der Waals surface area contributed by atoms with Crippen LogP contribution in [0, 0.1) is 0 Å². The number of hydrogen-bond acceptors (Lipinski definition) is 2. The molecule has 0 saturated carbocycles. The Bertz CT molecular complexity index is 724. The molecule has 0 spiro atoms. The third kappa shape index (κ3) is 2.68. The molecule has 0 atom stereocenters. The van der Waals surface area contributed by atoms with E-state index < -0.39 is 0 Å². The van der Waals surface area contributed by atoms with E-state index in [1.807, 2.05) is 36.4 Å². The quantitative estimate of drug-likeness (QED) is 0.670. The van der Waals surface area contributed by atoms with Crippen LogP contribution < -0.4 is 9.47 Å². The van der Waals surface area contributed by atoms with Gasteiger partial charge in [0, 0.05) is 0 Å². The summed E-state index contributed by atoms with van der Waals surface area (Å²) in [5.41, 5.74) is 4.46. The van der Waals surface area contributed by atoms with Crippen LogP contribution in [0.25, 0.3) is 22.3 Å². The molecule has 0 saturated heterocycles. The minimum Gasteiger partial charge on any atom is -0.496 e. The van der Waals surface area contributed by atoms with Crippen LogP contribution in [0.3, 0.4) is 0 Å². The molecule has 0 bridgehead atoms. The molecule has 110 valence electrons. The second-order valence-corrected chi connectivity index (χ2v) is 4.98. The summed E-state index contributed by atoms with van der Waals surface area (Å²) in [6.07, 6.45) is 0. The first-order valence-electron chi connectivity index (χ1n) is 7.20. The van der Waals surface area contributed by atoms with E-state index in [0.717, 1.165) is 22.6 Å². The first kappa shape index (κ1) is 14.2. The molecule has 3 rings (SSSR count). The van der Waals surface area contributed by atoms with Gasteiger partial charge in [0.2, 0.25) is 0 Å². The highest BCUT2D eigenvalue weighted by Crippen LogP contribution is 2.38. The topological polar surface area (TPSA) is 18.5 Å². The fourth-order valence-corrected chi connectivity index (χ4v) is 2.60. The molecule has 0 amide bonds. The van der Waals surface area contributed by atoms with Crippen molar-refractivity contribution in [1.82, 2.24) is 0 Å². The maximum absolute atomic E-state index is 5.48. The van der Waals surface area contributed by atoms with Crippen molar-refractivity contribution in [3.63, 3.8) is 0 Å².